The van der Waals surface area contributed by atoms with Crippen molar-refractivity contribution in [1.29, 1.82) is 0 Å². The predicted octanol–water partition coefficient (Wildman–Crippen LogP) is 3.53. The first-order chi connectivity index (χ1) is 19.7. The molecule has 0 atom stereocenters. The summed E-state index contributed by atoms with van der Waals surface area (Å²) in [6.07, 6.45) is -6.90. The molecule has 1 aromatic rings. The zero-order chi connectivity index (χ0) is 33.4. The van der Waals surface area contributed by atoms with Gasteiger partial charge in [-0.15, -0.1) is 0 Å². The fourth-order valence-electron chi connectivity index (χ4n) is 3.65. The molecule has 0 amide bonds. The smallest absolute Gasteiger partial charge is 0.475 e. The van der Waals surface area contributed by atoms with Crippen molar-refractivity contribution in [2.45, 2.75) is 63.1 Å². The number of alkyl halides is 9. The van der Waals surface area contributed by atoms with E-state index in [4.69, 9.17) is 39.4 Å². The third kappa shape index (κ3) is 17.6. The summed E-state index contributed by atoms with van der Waals surface area (Å²) in [4.78, 5) is 34.2. The third-order valence-corrected chi connectivity index (χ3v) is 5.71. The van der Waals surface area contributed by atoms with Crippen molar-refractivity contribution in [3.8, 4) is 0 Å². The first kappa shape index (κ1) is 39.9. The van der Waals surface area contributed by atoms with Crippen molar-refractivity contribution in [1.82, 2.24) is 19.8 Å². The molecule has 3 rings (SSSR count). The number of carboxylic acids is 3. The molecule has 250 valence electrons. The van der Waals surface area contributed by atoms with E-state index in [0.29, 0.717) is 5.92 Å². The molecular formula is C23H33F9N4O7. The van der Waals surface area contributed by atoms with Crippen molar-refractivity contribution in [3.05, 3.63) is 17.7 Å². The van der Waals surface area contributed by atoms with Crippen molar-refractivity contribution in [3.63, 3.8) is 0 Å². The average molecular weight is 649 g/mol. The molecule has 0 bridgehead atoms. The predicted molar refractivity (Wildman–Crippen MR) is 129 cm³/mol. The van der Waals surface area contributed by atoms with E-state index in [1.165, 1.54) is 50.3 Å². The molecule has 2 aliphatic heterocycles. The largest absolute Gasteiger partial charge is 0.490 e. The maximum atomic E-state index is 10.6. The van der Waals surface area contributed by atoms with E-state index in [1.54, 1.807) is 7.11 Å². The van der Waals surface area contributed by atoms with Crippen LogP contribution in [0.4, 0.5) is 39.5 Å². The zero-order valence-corrected chi connectivity index (χ0v) is 22.9. The molecule has 2 saturated heterocycles. The fourth-order valence-corrected chi connectivity index (χ4v) is 3.65. The van der Waals surface area contributed by atoms with Gasteiger partial charge in [-0.2, -0.15) is 39.5 Å². The van der Waals surface area contributed by atoms with Crippen LogP contribution in [0.3, 0.4) is 0 Å². The Morgan fingerprint density at radius 1 is 0.860 bits per heavy atom. The lowest BCUT2D eigenvalue weighted by Crippen LogP contribution is -2.29. The number of hydrogen-bond donors (Lipinski definition) is 4. The topological polar surface area (TPSA) is 154 Å². The molecular weight excluding hydrogens is 615 g/mol. The standard InChI is InChI=1S/C17H30N4O.3C2HF3O2/c1-22-13-6-16-14-21(12-11-20-9-2-3-10-20)17(19-16)15-4-7-18-8-5-15;3*3-2(4,5)1(6)7/h14-15,18H,2-13H2,1H3;3*(H,6,7). The van der Waals surface area contributed by atoms with Crippen LogP contribution in [0.5, 0.6) is 0 Å². The Labute approximate surface area is 239 Å². The molecule has 43 heavy (non-hydrogen) atoms. The van der Waals surface area contributed by atoms with E-state index in [1.807, 2.05) is 0 Å². The quantitative estimate of drug-likeness (QED) is 0.323. The van der Waals surface area contributed by atoms with Gasteiger partial charge >= 0.3 is 36.4 Å². The van der Waals surface area contributed by atoms with E-state index < -0.39 is 36.4 Å². The summed E-state index contributed by atoms with van der Waals surface area (Å²) in [7, 11) is 1.76. The first-order valence-electron chi connectivity index (χ1n) is 12.6. The van der Waals surface area contributed by atoms with Gasteiger partial charge in [-0.3, -0.25) is 0 Å². The summed E-state index contributed by atoms with van der Waals surface area (Å²) in [6.45, 7) is 7.79. The number of ether oxygens (including phenoxy) is 1. The van der Waals surface area contributed by atoms with Crippen LogP contribution >= 0.6 is 0 Å². The Morgan fingerprint density at radius 2 is 1.28 bits per heavy atom. The lowest BCUT2D eigenvalue weighted by atomic mass is 9.97. The Bertz CT molecular complexity index is 930. The van der Waals surface area contributed by atoms with Crippen LogP contribution in [0.25, 0.3) is 0 Å². The Morgan fingerprint density at radius 3 is 1.65 bits per heavy atom. The van der Waals surface area contributed by atoms with Gasteiger partial charge in [0, 0.05) is 38.7 Å². The van der Waals surface area contributed by atoms with Gasteiger partial charge in [0.2, 0.25) is 0 Å². The van der Waals surface area contributed by atoms with E-state index in [9.17, 15) is 39.5 Å². The second-order valence-corrected chi connectivity index (χ2v) is 9.01. The molecule has 3 heterocycles. The number of hydrogen-bond acceptors (Lipinski definition) is 7. The maximum Gasteiger partial charge on any atom is 0.490 e. The van der Waals surface area contributed by atoms with Crippen molar-refractivity contribution in [2.24, 2.45) is 0 Å². The van der Waals surface area contributed by atoms with Gasteiger partial charge < -0.3 is 34.8 Å². The van der Waals surface area contributed by atoms with Crippen LogP contribution in [-0.4, -0.2) is 113 Å². The Hall–Kier alpha value is -3.13. The van der Waals surface area contributed by atoms with E-state index in [-0.39, 0.29) is 0 Å². The number of rotatable bonds is 7. The van der Waals surface area contributed by atoms with Crippen molar-refractivity contribution < 1.29 is 74.0 Å². The number of imidazole rings is 1. The highest BCUT2D eigenvalue weighted by atomic mass is 19.4. The van der Waals surface area contributed by atoms with Crippen LogP contribution in [0.15, 0.2) is 6.20 Å². The van der Waals surface area contributed by atoms with Gasteiger partial charge in [-0.25, -0.2) is 19.4 Å². The second-order valence-electron chi connectivity index (χ2n) is 9.01. The SMILES string of the molecule is COCCc1cn(CCN2CCCC2)c(C2CCNCC2)n1.O=C(O)C(F)(F)F.O=C(O)C(F)(F)F.O=C(O)C(F)(F)F. The molecule has 0 unspecified atom stereocenters. The van der Waals surface area contributed by atoms with Crippen molar-refractivity contribution in [2.75, 3.05) is 46.4 Å². The van der Waals surface area contributed by atoms with Crippen LogP contribution in [-0.2, 0) is 32.1 Å². The Kier molecular flexibility index (Phi) is 17.2. The fraction of sp³-hybridized carbons (Fsp3) is 0.739. The molecule has 0 spiro atoms. The Balaban J connectivity index is 0.000000690. The van der Waals surface area contributed by atoms with Gasteiger partial charge in [0.25, 0.3) is 0 Å². The first-order valence-corrected chi connectivity index (χ1v) is 12.6. The monoisotopic (exact) mass is 648 g/mol. The van der Waals surface area contributed by atoms with Crippen LogP contribution < -0.4 is 5.32 Å². The number of nitrogens with one attached hydrogen (secondary N) is 1. The molecule has 2 aliphatic rings. The van der Waals surface area contributed by atoms with Crippen LogP contribution in [0.1, 0.15) is 43.1 Å². The van der Waals surface area contributed by atoms with E-state index >= 15 is 0 Å². The molecule has 0 aromatic carbocycles. The number of aliphatic carboxylic acids is 3. The van der Waals surface area contributed by atoms with Gasteiger partial charge in [-0.05, 0) is 51.9 Å². The van der Waals surface area contributed by atoms with Gasteiger partial charge in [-0.1, -0.05) is 0 Å². The number of likely N-dealkylation sites (tertiary alicyclic amines) is 1. The highest BCUT2D eigenvalue weighted by Crippen LogP contribution is 2.25. The normalized spacial score (nSPS) is 16.1. The zero-order valence-electron chi connectivity index (χ0n) is 22.9. The molecule has 11 nitrogen and oxygen atoms in total. The highest BCUT2D eigenvalue weighted by molar-refractivity contribution is 5.73. The summed E-state index contributed by atoms with van der Waals surface area (Å²) >= 11 is 0. The van der Waals surface area contributed by atoms with Crippen LogP contribution in [0, 0.1) is 0 Å². The third-order valence-electron chi connectivity index (χ3n) is 5.71. The van der Waals surface area contributed by atoms with Gasteiger partial charge in [0.1, 0.15) is 5.82 Å². The number of nitrogens with zero attached hydrogens (tertiary/aromatic N) is 3. The molecule has 4 N–H and O–H groups in total. The van der Waals surface area contributed by atoms with E-state index in [0.717, 1.165) is 39.2 Å². The van der Waals surface area contributed by atoms with E-state index in [2.05, 4.69) is 21.0 Å². The summed E-state index contributed by atoms with van der Waals surface area (Å²) in [5.41, 5.74) is 1.19. The molecule has 20 heteroatoms. The summed E-state index contributed by atoms with van der Waals surface area (Å²) in [6, 6.07) is 0. The number of methoxy groups -OCH3 is 1. The average Bonchev–Trinajstić information content (AvgIpc) is 3.56. The maximum absolute atomic E-state index is 10.6. The van der Waals surface area contributed by atoms with Gasteiger partial charge in [0.05, 0.1) is 12.3 Å². The second kappa shape index (κ2) is 18.5. The summed E-state index contributed by atoms with van der Waals surface area (Å²) in [5.74, 6) is -6.34. The lowest BCUT2D eigenvalue weighted by molar-refractivity contribution is -0.193. The number of carbonyl (C=O) groups is 3. The molecule has 0 radical (unpaired) electrons. The lowest BCUT2D eigenvalue weighted by Gasteiger charge is -2.24. The minimum Gasteiger partial charge on any atom is -0.475 e. The molecule has 0 saturated carbocycles. The molecule has 0 aliphatic carbocycles. The number of carboxylic acid groups (broad SMARTS) is 3. The van der Waals surface area contributed by atoms with Crippen molar-refractivity contribution >= 4 is 17.9 Å². The minimum absolute atomic E-state index is 0.621. The highest BCUT2D eigenvalue weighted by Gasteiger charge is 2.39. The van der Waals surface area contributed by atoms with Gasteiger partial charge in [0.15, 0.2) is 0 Å². The summed E-state index contributed by atoms with van der Waals surface area (Å²) < 4.78 is 103. The summed E-state index contributed by atoms with van der Waals surface area (Å²) in [5, 5.41) is 24.8. The number of piperidine rings is 1. The molecule has 2 fully saturated rings. The number of aromatic nitrogens is 2. The van der Waals surface area contributed by atoms with Crippen LogP contribution in [0.2, 0.25) is 0 Å². The molecule has 1 aromatic heterocycles. The number of halogens is 9. The minimum atomic E-state index is -5.08.